The molecular formula is C12H25N3O2. The first-order valence-corrected chi connectivity index (χ1v) is 6.10. The van der Waals surface area contributed by atoms with Crippen molar-refractivity contribution in [1.29, 1.82) is 5.26 Å². The molecule has 0 aromatic heterocycles. The molecule has 1 atom stereocenters. The van der Waals surface area contributed by atoms with Gasteiger partial charge in [-0.2, -0.15) is 5.26 Å². The lowest BCUT2D eigenvalue weighted by molar-refractivity contribution is 0.0938. The molecule has 0 aromatic rings. The molecule has 17 heavy (non-hydrogen) atoms. The third kappa shape index (κ3) is 9.07. The van der Waals surface area contributed by atoms with Crippen LogP contribution in [0.3, 0.4) is 0 Å². The zero-order chi connectivity index (χ0) is 13.1. The van der Waals surface area contributed by atoms with Crippen molar-refractivity contribution in [2.75, 3.05) is 39.9 Å². The Bertz CT molecular complexity index is 216. The number of hydrogen-bond acceptors (Lipinski definition) is 5. The summed E-state index contributed by atoms with van der Waals surface area (Å²) in [5, 5.41) is 21.5. The van der Waals surface area contributed by atoms with Gasteiger partial charge in [0.1, 0.15) is 0 Å². The van der Waals surface area contributed by atoms with E-state index in [9.17, 15) is 5.11 Å². The average molecular weight is 243 g/mol. The number of nitriles is 1. The van der Waals surface area contributed by atoms with Crippen LogP contribution < -0.4 is 5.32 Å². The van der Waals surface area contributed by atoms with Crippen LogP contribution in [0.1, 0.15) is 20.3 Å². The number of ether oxygens (including phenoxy) is 1. The molecule has 0 aliphatic rings. The maximum Gasteiger partial charge on any atom is 0.0791 e. The summed E-state index contributed by atoms with van der Waals surface area (Å²) in [6, 6.07) is 2.48. The Hall–Kier alpha value is -0.670. The molecule has 100 valence electrons. The smallest absolute Gasteiger partial charge is 0.0791 e. The first-order chi connectivity index (χ1) is 8.11. The summed E-state index contributed by atoms with van der Waals surface area (Å²) in [6.07, 6.45) is 0.0927. The summed E-state index contributed by atoms with van der Waals surface area (Å²) in [6.45, 7) is 7.40. The number of nitrogens with zero attached hydrogens (tertiary/aromatic N) is 2. The standard InChI is InChI=1S/C12H25N3O2/c1-11(2)15(7-4-5-13)10-12(16)9-14-6-8-17-3/h11-12,14,16H,4,6-10H2,1-3H3. The predicted molar refractivity (Wildman–Crippen MR) is 67.7 cm³/mol. The number of hydrogen-bond donors (Lipinski definition) is 2. The van der Waals surface area contributed by atoms with E-state index < -0.39 is 6.10 Å². The summed E-state index contributed by atoms with van der Waals surface area (Å²) in [7, 11) is 1.65. The van der Waals surface area contributed by atoms with E-state index in [4.69, 9.17) is 10.00 Å². The first-order valence-electron chi connectivity index (χ1n) is 6.10. The molecule has 0 fully saturated rings. The molecule has 0 aromatic carbocycles. The van der Waals surface area contributed by atoms with Gasteiger partial charge in [0.15, 0.2) is 0 Å². The van der Waals surface area contributed by atoms with Gasteiger partial charge < -0.3 is 15.2 Å². The second kappa shape index (κ2) is 10.5. The Balaban J connectivity index is 3.79. The minimum absolute atomic E-state index is 0.344. The van der Waals surface area contributed by atoms with Crippen molar-refractivity contribution in [3.8, 4) is 6.07 Å². The van der Waals surface area contributed by atoms with Gasteiger partial charge >= 0.3 is 0 Å². The van der Waals surface area contributed by atoms with Gasteiger partial charge in [-0.15, -0.1) is 0 Å². The van der Waals surface area contributed by atoms with Crippen molar-refractivity contribution < 1.29 is 9.84 Å². The summed E-state index contributed by atoms with van der Waals surface area (Å²) < 4.78 is 4.91. The summed E-state index contributed by atoms with van der Waals surface area (Å²) in [4.78, 5) is 2.12. The Labute approximate surface area is 104 Å². The highest BCUT2D eigenvalue weighted by molar-refractivity contribution is 4.76. The number of methoxy groups -OCH3 is 1. The van der Waals surface area contributed by atoms with Crippen molar-refractivity contribution in [2.24, 2.45) is 0 Å². The molecule has 1 unspecified atom stereocenters. The first kappa shape index (κ1) is 16.3. The molecule has 0 heterocycles. The molecule has 2 N–H and O–H groups in total. The highest BCUT2D eigenvalue weighted by Crippen LogP contribution is 2.01. The molecule has 0 saturated heterocycles. The van der Waals surface area contributed by atoms with E-state index in [0.717, 1.165) is 6.54 Å². The van der Waals surface area contributed by atoms with E-state index >= 15 is 0 Å². The maximum absolute atomic E-state index is 9.84. The molecule has 0 aliphatic carbocycles. The quantitative estimate of drug-likeness (QED) is 0.537. The third-order valence-electron chi connectivity index (χ3n) is 2.55. The minimum Gasteiger partial charge on any atom is -0.390 e. The molecule has 0 radical (unpaired) electrons. The van der Waals surface area contributed by atoms with E-state index in [1.165, 1.54) is 0 Å². The molecule has 0 spiro atoms. The van der Waals surface area contributed by atoms with Crippen molar-refractivity contribution in [3.05, 3.63) is 0 Å². The van der Waals surface area contributed by atoms with Crippen molar-refractivity contribution >= 4 is 0 Å². The minimum atomic E-state index is -0.409. The second-order valence-electron chi connectivity index (χ2n) is 4.35. The molecule has 5 nitrogen and oxygen atoms in total. The zero-order valence-corrected chi connectivity index (χ0v) is 11.1. The van der Waals surface area contributed by atoms with Crippen molar-refractivity contribution in [2.45, 2.75) is 32.4 Å². The van der Waals surface area contributed by atoms with Crippen LogP contribution in [0.4, 0.5) is 0 Å². The van der Waals surface area contributed by atoms with E-state index in [-0.39, 0.29) is 0 Å². The van der Waals surface area contributed by atoms with Crippen LogP contribution in [0.2, 0.25) is 0 Å². The van der Waals surface area contributed by atoms with Gasteiger partial charge in [0.25, 0.3) is 0 Å². The van der Waals surface area contributed by atoms with E-state index in [2.05, 4.69) is 30.1 Å². The highest BCUT2D eigenvalue weighted by Gasteiger charge is 2.13. The fraction of sp³-hybridized carbons (Fsp3) is 0.917. The molecule has 0 rings (SSSR count). The predicted octanol–water partition coefficient (Wildman–Crippen LogP) is 0.207. The van der Waals surface area contributed by atoms with E-state index in [0.29, 0.717) is 38.7 Å². The summed E-state index contributed by atoms with van der Waals surface area (Å²) >= 11 is 0. The lowest BCUT2D eigenvalue weighted by atomic mass is 10.2. The van der Waals surface area contributed by atoms with Gasteiger partial charge in [0.05, 0.1) is 18.8 Å². The van der Waals surface area contributed by atoms with E-state index in [1.54, 1.807) is 7.11 Å². The molecule has 0 saturated carbocycles. The van der Waals surface area contributed by atoms with Gasteiger partial charge in [-0.1, -0.05) is 0 Å². The Morgan fingerprint density at radius 3 is 2.71 bits per heavy atom. The monoisotopic (exact) mass is 243 g/mol. The van der Waals surface area contributed by atoms with Crippen molar-refractivity contribution in [1.82, 2.24) is 10.2 Å². The molecule has 5 heteroatoms. The van der Waals surface area contributed by atoms with Crippen LogP contribution in [0.25, 0.3) is 0 Å². The molecule has 0 amide bonds. The number of aliphatic hydroxyl groups is 1. The fourth-order valence-corrected chi connectivity index (χ4v) is 1.53. The van der Waals surface area contributed by atoms with Crippen LogP contribution >= 0.6 is 0 Å². The fourth-order valence-electron chi connectivity index (χ4n) is 1.53. The highest BCUT2D eigenvalue weighted by atomic mass is 16.5. The van der Waals surface area contributed by atoms with Gasteiger partial charge in [-0.25, -0.2) is 0 Å². The van der Waals surface area contributed by atoms with Crippen LogP contribution in [0.15, 0.2) is 0 Å². The van der Waals surface area contributed by atoms with Gasteiger partial charge in [-0.3, -0.25) is 4.90 Å². The van der Waals surface area contributed by atoms with E-state index in [1.807, 2.05) is 0 Å². The topological polar surface area (TPSA) is 68.5 Å². The zero-order valence-electron chi connectivity index (χ0n) is 11.1. The van der Waals surface area contributed by atoms with Crippen LogP contribution in [-0.2, 0) is 4.74 Å². The molecule has 0 bridgehead atoms. The molecular weight excluding hydrogens is 218 g/mol. The average Bonchev–Trinajstić information content (AvgIpc) is 2.29. The Morgan fingerprint density at radius 2 is 2.18 bits per heavy atom. The second-order valence-corrected chi connectivity index (χ2v) is 4.35. The maximum atomic E-state index is 9.84. The number of aliphatic hydroxyl groups excluding tert-OH is 1. The molecule has 0 aliphatic heterocycles. The third-order valence-corrected chi connectivity index (χ3v) is 2.55. The summed E-state index contributed by atoms with van der Waals surface area (Å²) in [5.74, 6) is 0. The van der Waals surface area contributed by atoms with Crippen LogP contribution in [0.5, 0.6) is 0 Å². The Kier molecular flexibility index (Phi) is 10.1. The number of nitrogens with one attached hydrogen (secondary N) is 1. The van der Waals surface area contributed by atoms with Crippen LogP contribution in [0, 0.1) is 11.3 Å². The lowest BCUT2D eigenvalue weighted by Crippen LogP contribution is -2.42. The largest absolute Gasteiger partial charge is 0.390 e. The lowest BCUT2D eigenvalue weighted by Gasteiger charge is -2.28. The van der Waals surface area contributed by atoms with Crippen molar-refractivity contribution in [3.63, 3.8) is 0 Å². The normalized spacial score (nSPS) is 13.0. The van der Waals surface area contributed by atoms with Crippen LogP contribution in [-0.4, -0.2) is 62.0 Å². The summed E-state index contributed by atoms with van der Waals surface area (Å²) in [5.41, 5.74) is 0. The number of rotatable bonds is 10. The SMILES string of the molecule is COCCNCC(O)CN(CCC#N)C(C)C. The van der Waals surface area contributed by atoms with Gasteiger partial charge in [0, 0.05) is 45.8 Å². The van der Waals surface area contributed by atoms with Gasteiger partial charge in [0.2, 0.25) is 0 Å². The van der Waals surface area contributed by atoms with Gasteiger partial charge in [-0.05, 0) is 13.8 Å². The Morgan fingerprint density at radius 1 is 1.47 bits per heavy atom.